The van der Waals surface area contributed by atoms with E-state index in [9.17, 15) is 4.79 Å². The van der Waals surface area contributed by atoms with E-state index in [1.807, 2.05) is 26.8 Å². The van der Waals surface area contributed by atoms with Gasteiger partial charge in [0.1, 0.15) is 5.75 Å². The quantitative estimate of drug-likeness (QED) is 0.767. The average Bonchev–Trinajstić information content (AvgIpc) is 2.35. The number of nitrogens with zero attached hydrogens (tertiary/aromatic N) is 2. The van der Waals surface area contributed by atoms with Crippen LogP contribution in [-0.2, 0) is 11.3 Å². The summed E-state index contributed by atoms with van der Waals surface area (Å²) in [7, 11) is 3.28. The Morgan fingerprint density at radius 3 is 2.50 bits per heavy atom. The molecule has 1 aromatic rings. The second-order valence-electron chi connectivity index (χ2n) is 4.41. The Hall–Kier alpha value is -2.02. The Labute approximate surface area is 108 Å². The second-order valence-corrected chi connectivity index (χ2v) is 4.41. The van der Waals surface area contributed by atoms with Crippen LogP contribution in [0.3, 0.4) is 0 Å². The third-order valence-corrected chi connectivity index (χ3v) is 3.19. The van der Waals surface area contributed by atoms with Crippen LogP contribution in [0.25, 0.3) is 0 Å². The van der Waals surface area contributed by atoms with Crippen molar-refractivity contribution in [3.8, 4) is 11.8 Å². The molecule has 1 aromatic carbocycles. The molecule has 0 atom stereocenters. The zero-order chi connectivity index (χ0) is 13.9. The summed E-state index contributed by atoms with van der Waals surface area (Å²) < 4.78 is 5.35. The molecule has 0 unspecified atom stereocenters. The van der Waals surface area contributed by atoms with Crippen LogP contribution in [0.15, 0.2) is 6.07 Å². The molecule has 0 N–H and O–H groups in total. The summed E-state index contributed by atoms with van der Waals surface area (Å²) in [5, 5.41) is 8.58. The van der Waals surface area contributed by atoms with Gasteiger partial charge in [0.15, 0.2) is 6.07 Å². The minimum atomic E-state index is -0.527. The largest absolute Gasteiger partial charge is 0.496 e. The van der Waals surface area contributed by atoms with E-state index in [-0.39, 0.29) is 0 Å². The van der Waals surface area contributed by atoms with E-state index in [4.69, 9.17) is 10.00 Å². The highest BCUT2D eigenvalue weighted by Gasteiger charge is 2.14. The van der Waals surface area contributed by atoms with Crippen LogP contribution in [0, 0.1) is 32.1 Å². The summed E-state index contributed by atoms with van der Waals surface area (Å²) in [6.07, 6.45) is 0. The Balaban J connectivity index is 3.13. The first-order valence-electron chi connectivity index (χ1n) is 5.71. The van der Waals surface area contributed by atoms with Gasteiger partial charge < -0.3 is 9.64 Å². The Kier molecular flexibility index (Phi) is 4.33. The number of carbonyl (C=O) groups is 1. The number of nitriles is 1. The van der Waals surface area contributed by atoms with E-state index in [0.29, 0.717) is 6.54 Å². The van der Waals surface area contributed by atoms with Crippen molar-refractivity contribution in [1.82, 2.24) is 4.90 Å². The van der Waals surface area contributed by atoms with Crippen LogP contribution in [0.5, 0.6) is 5.75 Å². The Bertz CT molecular complexity index is 516. The lowest BCUT2D eigenvalue weighted by Gasteiger charge is -2.19. The number of methoxy groups -OCH3 is 1. The normalized spacial score (nSPS) is 9.78. The summed E-state index contributed by atoms with van der Waals surface area (Å²) in [6, 6.07) is 3.62. The number of rotatable bonds is 3. The molecule has 0 bridgehead atoms. The maximum absolute atomic E-state index is 11.3. The predicted octanol–water partition coefficient (Wildman–Crippen LogP) is 2.10. The maximum Gasteiger partial charge on any atom is 0.325 e. The standard InChI is InChI=1S/C14H18N2O2/c1-9-6-12(8-16(4)13(17)7-15)10(2)11(3)14(9)18-5/h6H,8H2,1-5H3. The minimum absolute atomic E-state index is 0.434. The van der Waals surface area contributed by atoms with Crippen molar-refractivity contribution in [3.05, 3.63) is 28.3 Å². The van der Waals surface area contributed by atoms with Crippen LogP contribution in [0.2, 0.25) is 0 Å². The molecule has 18 heavy (non-hydrogen) atoms. The van der Waals surface area contributed by atoms with Gasteiger partial charge in [0.25, 0.3) is 0 Å². The Morgan fingerprint density at radius 1 is 1.39 bits per heavy atom. The number of aryl methyl sites for hydroxylation is 1. The number of carbonyl (C=O) groups excluding carboxylic acids is 1. The lowest BCUT2D eigenvalue weighted by atomic mass is 9.98. The molecule has 0 fully saturated rings. The van der Waals surface area contributed by atoms with Gasteiger partial charge in [0.2, 0.25) is 0 Å². The molecule has 96 valence electrons. The van der Waals surface area contributed by atoms with Gasteiger partial charge in [-0.25, -0.2) is 0 Å². The van der Waals surface area contributed by atoms with E-state index in [1.165, 1.54) is 4.90 Å². The first-order valence-corrected chi connectivity index (χ1v) is 5.71. The molecule has 4 nitrogen and oxygen atoms in total. The fourth-order valence-electron chi connectivity index (χ4n) is 2.03. The molecule has 0 aliphatic carbocycles. The molecule has 0 heterocycles. The van der Waals surface area contributed by atoms with Crippen molar-refractivity contribution < 1.29 is 9.53 Å². The molecular weight excluding hydrogens is 228 g/mol. The molecule has 1 amide bonds. The molecule has 0 aromatic heterocycles. The molecule has 0 aliphatic heterocycles. The van der Waals surface area contributed by atoms with Crippen LogP contribution < -0.4 is 4.74 Å². The zero-order valence-corrected chi connectivity index (χ0v) is 11.5. The van der Waals surface area contributed by atoms with Crippen molar-refractivity contribution >= 4 is 5.91 Å². The summed E-state index contributed by atoms with van der Waals surface area (Å²) >= 11 is 0. The number of hydrogen-bond acceptors (Lipinski definition) is 3. The summed E-state index contributed by atoms with van der Waals surface area (Å²) in [5.41, 5.74) is 4.24. The number of ether oxygens (including phenoxy) is 1. The van der Waals surface area contributed by atoms with Crippen molar-refractivity contribution in [1.29, 1.82) is 5.26 Å². The first kappa shape index (κ1) is 14.0. The van der Waals surface area contributed by atoms with E-state index < -0.39 is 5.91 Å². The molecule has 0 spiro atoms. The van der Waals surface area contributed by atoms with Gasteiger partial charge >= 0.3 is 5.91 Å². The molecule has 0 radical (unpaired) electrons. The van der Waals surface area contributed by atoms with Gasteiger partial charge in [0, 0.05) is 13.6 Å². The van der Waals surface area contributed by atoms with Crippen molar-refractivity contribution in [2.75, 3.05) is 14.2 Å². The lowest BCUT2D eigenvalue weighted by Crippen LogP contribution is -2.25. The highest BCUT2D eigenvalue weighted by molar-refractivity contribution is 5.90. The molecule has 0 saturated heterocycles. The van der Waals surface area contributed by atoms with Gasteiger partial charge in [-0.15, -0.1) is 0 Å². The van der Waals surface area contributed by atoms with Crippen molar-refractivity contribution in [3.63, 3.8) is 0 Å². The lowest BCUT2D eigenvalue weighted by molar-refractivity contribution is -0.124. The molecular formula is C14H18N2O2. The number of benzene rings is 1. The van der Waals surface area contributed by atoms with Crippen molar-refractivity contribution in [2.45, 2.75) is 27.3 Å². The highest BCUT2D eigenvalue weighted by atomic mass is 16.5. The smallest absolute Gasteiger partial charge is 0.325 e. The SMILES string of the molecule is COc1c(C)cc(CN(C)C(=O)C#N)c(C)c1C. The van der Waals surface area contributed by atoms with Gasteiger partial charge in [-0.2, -0.15) is 5.26 Å². The minimum Gasteiger partial charge on any atom is -0.496 e. The predicted molar refractivity (Wildman–Crippen MR) is 69.3 cm³/mol. The first-order chi connectivity index (χ1) is 8.42. The molecule has 4 heteroatoms. The second kappa shape index (κ2) is 5.54. The van der Waals surface area contributed by atoms with E-state index in [0.717, 1.165) is 28.0 Å². The average molecular weight is 246 g/mol. The third kappa shape index (κ3) is 2.62. The van der Waals surface area contributed by atoms with Crippen LogP contribution in [0.4, 0.5) is 0 Å². The topological polar surface area (TPSA) is 53.3 Å². The molecule has 0 aliphatic rings. The molecule has 1 rings (SSSR count). The van der Waals surface area contributed by atoms with Gasteiger partial charge in [-0.3, -0.25) is 4.79 Å². The molecule has 0 saturated carbocycles. The maximum atomic E-state index is 11.3. The zero-order valence-electron chi connectivity index (χ0n) is 11.5. The number of amides is 1. The third-order valence-electron chi connectivity index (χ3n) is 3.19. The Morgan fingerprint density at radius 2 is 2.00 bits per heavy atom. The summed E-state index contributed by atoms with van der Waals surface area (Å²) in [5.74, 6) is 0.353. The van der Waals surface area contributed by atoms with Crippen LogP contribution >= 0.6 is 0 Å². The van der Waals surface area contributed by atoms with Gasteiger partial charge in [0.05, 0.1) is 7.11 Å². The van der Waals surface area contributed by atoms with Crippen molar-refractivity contribution in [2.24, 2.45) is 0 Å². The van der Waals surface area contributed by atoms with E-state index in [1.54, 1.807) is 20.2 Å². The van der Waals surface area contributed by atoms with Crippen LogP contribution in [0.1, 0.15) is 22.3 Å². The van der Waals surface area contributed by atoms with Crippen LogP contribution in [-0.4, -0.2) is 25.0 Å². The van der Waals surface area contributed by atoms with E-state index >= 15 is 0 Å². The van der Waals surface area contributed by atoms with E-state index in [2.05, 4.69) is 0 Å². The van der Waals surface area contributed by atoms with Gasteiger partial charge in [-0.1, -0.05) is 6.07 Å². The monoisotopic (exact) mass is 246 g/mol. The van der Waals surface area contributed by atoms with Gasteiger partial charge in [-0.05, 0) is 43.0 Å². The summed E-state index contributed by atoms with van der Waals surface area (Å²) in [4.78, 5) is 12.7. The fraction of sp³-hybridized carbons (Fsp3) is 0.429. The fourth-order valence-corrected chi connectivity index (χ4v) is 2.03. The number of hydrogen-bond donors (Lipinski definition) is 0. The highest BCUT2D eigenvalue weighted by Crippen LogP contribution is 2.28. The summed E-state index contributed by atoms with van der Waals surface area (Å²) in [6.45, 7) is 6.40.